The molecule has 0 radical (unpaired) electrons. The van der Waals surface area contributed by atoms with Crippen molar-refractivity contribution in [2.45, 2.75) is 6.54 Å². The summed E-state index contributed by atoms with van der Waals surface area (Å²) in [6.45, 7) is 0.398. The molecule has 12 heavy (non-hydrogen) atoms. The van der Waals surface area contributed by atoms with E-state index in [-0.39, 0.29) is 6.03 Å². The molecular weight excluding hydrogens is 160 g/mol. The van der Waals surface area contributed by atoms with Gasteiger partial charge in [-0.15, -0.1) is 0 Å². The highest BCUT2D eigenvalue weighted by Crippen LogP contribution is 1.88. The molecular formula is C6H10N4O2. The molecule has 1 aromatic rings. The van der Waals surface area contributed by atoms with E-state index in [9.17, 15) is 4.79 Å². The number of H-pyrrole nitrogens is 1. The zero-order valence-electron chi connectivity index (χ0n) is 6.63. The van der Waals surface area contributed by atoms with Crippen molar-refractivity contribution in [3.8, 4) is 0 Å². The first kappa shape index (κ1) is 8.54. The van der Waals surface area contributed by atoms with E-state index in [0.717, 1.165) is 5.69 Å². The monoisotopic (exact) mass is 170 g/mol. The number of aromatic amines is 1. The Hall–Kier alpha value is -1.56. The summed E-state index contributed by atoms with van der Waals surface area (Å²) >= 11 is 0. The van der Waals surface area contributed by atoms with E-state index in [1.807, 2.05) is 0 Å². The van der Waals surface area contributed by atoms with Crippen molar-refractivity contribution in [2.24, 2.45) is 0 Å². The summed E-state index contributed by atoms with van der Waals surface area (Å²) in [5.74, 6) is 0. The predicted molar refractivity (Wildman–Crippen MR) is 41.0 cm³/mol. The molecule has 2 amide bonds. The molecule has 0 bridgehead atoms. The fourth-order valence-corrected chi connectivity index (χ4v) is 0.687. The van der Waals surface area contributed by atoms with E-state index in [1.165, 1.54) is 7.11 Å². The maximum atomic E-state index is 10.8. The minimum Gasteiger partial charge on any atom is -0.331 e. The van der Waals surface area contributed by atoms with Crippen LogP contribution in [0.4, 0.5) is 4.79 Å². The van der Waals surface area contributed by atoms with Gasteiger partial charge in [-0.2, -0.15) is 5.10 Å². The van der Waals surface area contributed by atoms with Crippen LogP contribution in [0.2, 0.25) is 0 Å². The fourth-order valence-electron chi connectivity index (χ4n) is 0.687. The van der Waals surface area contributed by atoms with Gasteiger partial charge in [-0.3, -0.25) is 9.94 Å². The number of carbonyl (C=O) groups is 1. The van der Waals surface area contributed by atoms with Gasteiger partial charge >= 0.3 is 6.03 Å². The number of rotatable bonds is 3. The normalized spacial score (nSPS) is 9.42. The van der Waals surface area contributed by atoms with Gasteiger partial charge in [-0.25, -0.2) is 10.3 Å². The predicted octanol–water partition coefficient (Wildman–Crippen LogP) is -0.230. The van der Waals surface area contributed by atoms with Gasteiger partial charge in [0.05, 0.1) is 19.3 Å². The van der Waals surface area contributed by atoms with Crippen LogP contribution in [0.3, 0.4) is 0 Å². The molecule has 6 heteroatoms. The molecule has 0 aliphatic rings. The average Bonchev–Trinajstić information content (AvgIpc) is 2.53. The molecule has 0 aliphatic carbocycles. The van der Waals surface area contributed by atoms with E-state index >= 15 is 0 Å². The van der Waals surface area contributed by atoms with Crippen molar-refractivity contribution >= 4 is 6.03 Å². The molecule has 0 spiro atoms. The Morgan fingerprint density at radius 1 is 1.83 bits per heavy atom. The second-order valence-electron chi connectivity index (χ2n) is 2.07. The Morgan fingerprint density at radius 3 is 3.25 bits per heavy atom. The summed E-state index contributed by atoms with van der Waals surface area (Å²) in [6.07, 6.45) is 1.62. The highest BCUT2D eigenvalue weighted by Gasteiger charge is 1.98. The molecule has 0 atom stereocenters. The molecule has 1 heterocycles. The average molecular weight is 170 g/mol. The molecule has 0 fully saturated rings. The quantitative estimate of drug-likeness (QED) is 0.548. The first-order valence-corrected chi connectivity index (χ1v) is 3.38. The van der Waals surface area contributed by atoms with Gasteiger partial charge in [0, 0.05) is 6.20 Å². The molecule has 3 N–H and O–H groups in total. The Bertz CT molecular complexity index is 234. The summed E-state index contributed by atoms with van der Waals surface area (Å²) in [5, 5.41) is 8.96. The standard InChI is InChI=1S/C6H10N4O2/c1-12-10-6(11)7-4-5-2-3-8-9-5/h2-3H,4H2,1H3,(H,8,9)(H2,7,10,11). The van der Waals surface area contributed by atoms with E-state index in [4.69, 9.17) is 0 Å². The minimum atomic E-state index is -0.382. The van der Waals surface area contributed by atoms with Crippen molar-refractivity contribution in [2.75, 3.05) is 7.11 Å². The lowest BCUT2D eigenvalue weighted by Crippen LogP contribution is -2.34. The van der Waals surface area contributed by atoms with Gasteiger partial charge in [0.2, 0.25) is 0 Å². The van der Waals surface area contributed by atoms with Crippen molar-refractivity contribution in [1.82, 2.24) is 21.0 Å². The summed E-state index contributed by atoms with van der Waals surface area (Å²) in [6, 6.07) is 1.39. The number of hydroxylamine groups is 1. The topological polar surface area (TPSA) is 79.0 Å². The molecule has 0 unspecified atom stereocenters. The van der Waals surface area contributed by atoms with Crippen LogP contribution < -0.4 is 10.8 Å². The molecule has 66 valence electrons. The Morgan fingerprint density at radius 2 is 2.67 bits per heavy atom. The molecule has 0 aromatic carbocycles. The molecule has 0 saturated carbocycles. The van der Waals surface area contributed by atoms with E-state index < -0.39 is 0 Å². The number of urea groups is 1. The van der Waals surface area contributed by atoms with Gasteiger partial charge in [0.25, 0.3) is 0 Å². The van der Waals surface area contributed by atoms with E-state index in [0.29, 0.717) is 6.54 Å². The van der Waals surface area contributed by atoms with Crippen LogP contribution in [-0.4, -0.2) is 23.3 Å². The molecule has 0 aliphatic heterocycles. The Labute approximate surface area is 69.3 Å². The van der Waals surface area contributed by atoms with Crippen LogP contribution in [0.25, 0.3) is 0 Å². The van der Waals surface area contributed by atoms with Gasteiger partial charge in [0.15, 0.2) is 0 Å². The molecule has 0 saturated heterocycles. The van der Waals surface area contributed by atoms with Crippen LogP contribution in [-0.2, 0) is 11.4 Å². The highest BCUT2D eigenvalue weighted by atomic mass is 16.6. The maximum absolute atomic E-state index is 10.8. The van der Waals surface area contributed by atoms with Crippen LogP contribution in [0.15, 0.2) is 12.3 Å². The SMILES string of the molecule is CONC(=O)NCc1ccn[nH]1. The second-order valence-corrected chi connectivity index (χ2v) is 2.07. The lowest BCUT2D eigenvalue weighted by atomic mass is 10.4. The van der Waals surface area contributed by atoms with Crippen molar-refractivity contribution in [1.29, 1.82) is 0 Å². The molecule has 1 aromatic heterocycles. The Kier molecular flexibility index (Phi) is 3.09. The van der Waals surface area contributed by atoms with Gasteiger partial charge in [-0.1, -0.05) is 0 Å². The summed E-state index contributed by atoms with van der Waals surface area (Å²) < 4.78 is 0. The third kappa shape index (κ3) is 2.59. The largest absolute Gasteiger partial charge is 0.339 e. The number of hydrogen-bond donors (Lipinski definition) is 3. The smallest absolute Gasteiger partial charge is 0.331 e. The van der Waals surface area contributed by atoms with Crippen LogP contribution >= 0.6 is 0 Å². The fraction of sp³-hybridized carbons (Fsp3) is 0.333. The number of hydrogen-bond acceptors (Lipinski definition) is 3. The summed E-state index contributed by atoms with van der Waals surface area (Å²) in [4.78, 5) is 15.1. The van der Waals surface area contributed by atoms with Gasteiger partial charge in [0.1, 0.15) is 0 Å². The maximum Gasteiger partial charge on any atom is 0.339 e. The van der Waals surface area contributed by atoms with Crippen molar-refractivity contribution in [3.05, 3.63) is 18.0 Å². The molecule has 6 nitrogen and oxygen atoms in total. The van der Waals surface area contributed by atoms with Crippen LogP contribution in [0, 0.1) is 0 Å². The summed E-state index contributed by atoms with van der Waals surface area (Å²) in [7, 11) is 1.37. The lowest BCUT2D eigenvalue weighted by molar-refractivity contribution is 0.107. The zero-order chi connectivity index (χ0) is 8.81. The van der Waals surface area contributed by atoms with E-state index in [2.05, 4.69) is 25.8 Å². The molecule has 1 rings (SSSR count). The van der Waals surface area contributed by atoms with E-state index in [1.54, 1.807) is 12.3 Å². The number of aromatic nitrogens is 2. The number of nitrogens with zero attached hydrogens (tertiary/aromatic N) is 1. The second kappa shape index (κ2) is 4.35. The van der Waals surface area contributed by atoms with Gasteiger partial charge in [-0.05, 0) is 6.07 Å². The third-order valence-electron chi connectivity index (χ3n) is 1.19. The van der Waals surface area contributed by atoms with Crippen molar-refractivity contribution < 1.29 is 9.63 Å². The number of nitrogens with one attached hydrogen (secondary N) is 3. The van der Waals surface area contributed by atoms with Crippen LogP contribution in [0.1, 0.15) is 5.69 Å². The highest BCUT2D eigenvalue weighted by molar-refractivity contribution is 5.72. The first-order chi connectivity index (χ1) is 5.83. The Balaban J connectivity index is 2.22. The number of carbonyl (C=O) groups excluding carboxylic acids is 1. The minimum absolute atomic E-state index is 0.382. The number of amides is 2. The van der Waals surface area contributed by atoms with Crippen molar-refractivity contribution in [3.63, 3.8) is 0 Å². The zero-order valence-corrected chi connectivity index (χ0v) is 6.63. The van der Waals surface area contributed by atoms with Gasteiger partial charge < -0.3 is 5.32 Å². The summed E-state index contributed by atoms with van der Waals surface area (Å²) in [5.41, 5.74) is 2.96. The first-order valence-electron chi connectivity index (χ1n) is 3.38. The van der Waals surface area contributed by atoms with Crippen LogP contribution in [0.5, 0.6) is 0 Å². The lowest BCUT2D eigenvalue weighted by Gasteiger charge is -2.02. The third-order valence-corrected chi connectivity index (χ3v) is 1.19.